The molecule has 5 nitrogen and oxygen atoms in total. The maximum atomic E-state index is 12.2. The first-order valence-electron chi connectivity index (χ1n) is 6.49. The molecule has 0 unspecified atom stereocenters. The van der Waals surface area contributed by atoms with Crippen LogP contribution in [0.15, 0.2) is 18.2 Å². The van der Waals surface area contributed by atoms with Crippen LogP contribution >= 0.6 is 0 Å². The quantitative estimate of drug-likeness (QED) is 0.574. The molecule has 0 aliphatic heterocycles. The minimum Gasteiger partial charge on any atom is -0.369 e. The zero-order valence-electron chi connectivity index (χ0n) is 11.4. The Kier molecular flexibility index (Phi) is 3.74. The Bertz CT molecular complexity index is 488. The van der Waals surface area contributed by atoms with Crippen LogP contribution in [0.2, 0.25) is 0 Å². The molecule has 0 bridgehead atoms. The number of carbonyl (C=O) groups is 1. The molecule has 0 heterocycles. The lowest BCUT2D eigenvalue weighted by atomic mass is 10.1. The summed E-state index contributed by atoms with van der Waals surface area (Å²) in [5.74, 6) is 0.335. The zero-order chi connectivity index (χ0) is 14.0. The van der Waals surface area contributed by atoms with Gasteiger partial charge in [0.25, 0.3) is 0 Å². The van der Waals surface area contributed by atoms with E-state index in [9.17, 15) is 4.79 Å². The maximum Gasteiger partial charge on any atom is 0.328 e. The van der Waals surface area contributed by atoms with Gasteiger partial charge in [0, 0.05) is 6.54 Å². The summed E-state index contributed by atoms with van der Waals surface area (Å²) in [6.45, 7) is 4.48. The van der Waals surface area contributed by atoms with Crippen LogP contribution < -0.4 is 16.0 Å². The van der Waals surface area contributed by atoms with Gasteiger partial charge in [0.05, 0.1) is 5.69 Å². The van der Waals surface area contributed by atoms with E-state index in [1.807, 2.05) is 32.0 Å². The van der Waals surface area contributed by atoms with E-state index in [0.29, 0.717) is 18.2 Å². The summed E-state index contributed by atoms with van der Waals surface area (Å²) in [6.07, 6.45) is 2.34. The van der Waals surface area contributed by atoms with Crippen molar-refractivity contribution in [2.75, 3.05) is 11.4 Å². The molecule has 2 amide bonds. The Morgan fingerprint density at radius 3 is 2.47 bits per heavy atom. The highest BCUT2D eigenvalue weighted by Crippen LogP contribution is 2.28. The number of anilines is 1. The van der Waals surface area contributed by atoms with E-state index in [-0.39, 0.29) is 12.0 Å². The third kappa shape index (κ3) is 3.05. The molecule has 4 N–H and O–H groups in total. The van der Waals surface area contributed by atoms with Gasteiger partial charge in [-0.2, -0.15) is 0 Å². The summed E-state index contributed by atoms with van der Waals surface area (Å²) in [4.78, 5) is 13.5. The van der Waals surface area contributed by atoms with Crippen LogP contribution in [-0.2, 0) is 0 Å². The summed E-state index contributed by atoms with van der Waals surface area (Å²) in [6, 6.07) is 5.42. The van der Waals surface area contributed by atoms with Crippen LogP contribution in [0.3, 0.4) is 0 Å². The predicted molar refractivity (Wildman–Crippen MR) is 76.4 cm³/mol. The first-order chi connectivity index (χ1) is 9.00. The molecule has 1 fully saturated rings. The number of hydrogen-bond donors (Lipinski definition) is 3. The summed E-state index contributed by atoms with van der Waals surface area (Å²) < 4.78 is 0. The number of amides is 2. The summed E-state index contributed by atoms with van der Waals surface area (Å²) in [5.41, 5.74) is 8.13. The fourth-order valence-electron chi connectivity index (χ4n) is 2.12. The lowest BCUT2D eigenvalue weighted by molar-refractivity contribution is 0.248. The van der Waals surface area contributed by atoms with Crippen molar-refractivity contribution in [1.82, 2.24) is 5.32 Å². The zero-order valence-corrected chi connectivity index (χ0v) is 11.4. The van der Waals surface area contributed by atoms with Gasteiger partial charge in [0.1, 0.15) is 0 Å². The van der Waals surface area contributed by atoms with Crippen molar-refractivity contribution in [3.63, 3.8) is 0 Å². The van der Waals surface area contributed by atoms with E-state index < -0.39 is 0 Å². The monoisotopic (exact) mass is 260 g/mol. The molecule has 102 valence electrons. The molecule has 0 spiro atoms. The molecule has 1 aromatic rings. The molecule has 2 rings (SSSR count). The Balaban J connectivity index is 2.23. The van der Waals surface area contributed by atoms with Crippen LogP contribution in [0.25, 0.3) is 0 Å². The summed E-state index contributed by atoms with van der Waals surface area (Å²) in [7, 11) is 0. The Morgan fingerprint density at radius 2 is 2.00 bits per heavy atom. The molecule has 0 aromatic heterocycles. The van der Waals surface area contributed by atoms with Gasteiger partial charge < -0.3 is 11.1 Å². The molecule has 19 heavy (non-hydrogen) atoms. The van der Waals surface area contributed by atoms with Crippen LogP contribution in [-0.4, -0.2) is 18.5 Å². The molecule has 1 saturated carbocycles. The van der Waals surface area contributed by atoms with E-state index in [2.05, 4.69) is 5.32 Å². The number of guanidine groups is 1. The van der Waals surface area contributed by atoms with E-state index in [1.54, 1.807) is 0 Å². The SMILES string of the molecule is Cc1cccc(C)c1N(C(=N)N)C(=O)NCC1CC1. The van der Waals surface area contributed by atoms with Gasteiger partial charge in [-0.15, -0.1) is 0 Å². The number of aryl methyl sites for hydroxylation is 2. The Labute approximate surface area is 113 Å². The topological polar surface area (TPSA) is 82.2 Å². The molecule has 0 atom stereocenters. The Morgan fingerprint density at radius 1 is 1.42 bits per heavy atom. The molecule has 1 aliphatic carbocycles. The number of rotatable bonds is 3. The molecule has 0 saturated heterocycles. The number of nitrogens with one attached hydrogen (secondary N) is 2. The average molecular weight is 260 g/mol. The van der Waals surface area contributed by atoms with Gasteiger partial charge in [0.2, 0.25) is 5.96 Å². The lowest BCUT2D eigenvalue weighted by Gasteiger charge is -2.24. The van der Waals surface area contributed by atoms with Gasteiger partial charge in [-0.1, -0.05) is 18.2 Å². The molecular formula is C14H20N4O. The molecule has 0 radical (unpaired) electrons. The maximum absolute atomic E-state index is 12.2. The molecule has 1 aromatic carbocycles. The van der Waals surface area contributed by atoms with Crippen molar-refractivity contribution in [1.29, 1.82) is 5.41 Å². The highest BCUT2D eigenvalue weighted by Gasteiger charge is 2.26. The summed E-state index contributed by atoms with van der Waals surface area (Å²) >= 11 is 0. The van der Waals surface area contributed by atoms with Crippen molar-refractivity contribution in [2.24, 2.45) is 11.7 Å². The highest BCUT2D eigenvalue weighted by atomic mass is 16.2. The van der Waals surface area contributed by atoms with Gasteiger partial charge in [-0.25, -0.2) is 9.69 Å². The third-order valence-corrected chi connectivity index (χ3v) is 3.35. The van der Waals surface area contributed by atoms with Crippen molar-refractivity contribution < 1.29 is 4.79 Å². The second kappa shape index (κ2) is 5.30. The number of nitrogens with zero attached hydrogens (tertiary/aromatic N) is 1. The molecular weight excluding hydrogens is 240 g/mol. The van der Waals surface area contributed by atoms with E-state index in [1.165, 1.54) is 17.7 Å². The van der Waals surface area contributed by atoms with E-state index in [4.69, 9.17) is 11.1 Å². The number of urea groups is 1. The second-order valence-corrected chi connectivity index (χ2v) is 5.09. The van der Waals surface area contributed by atoms with Gasteiger partial charge in [-0.3, -0.25) is 5.41 Å². The first kappa shape index (κ1) is 13.4. The fourth-order valence-corrected chi connectivity index (χ4v) is 2.12. The van der Waals surface area contributed by atoms with Crippen molar-refractivity contribution in [3.8, 4) is 0 Å². The van der Waals surface area contributed by atoms with Crippen LogP contribution in [0, 0.1) is 25.2 Å². The molecule has 1 aliphatic rings. The highest BCUT2D eigenvalue weighted by molar-refractivity contribution is 6.14. The van der Waals surface area contributed by atoms with Crippen molar-refractivity contribution >= 4 is 17.7 Å². The first-order valence-corrected chi connectivity index (χ1v) is 6.49. The minimum atomic E-state index is -0.322. The van der Waals surface area contributed by atoms with Crippen molar-refractivity contribution in [3.05, 3.63) is 29.3 Å². The van der Waals surface area contributed by atoms with Crippen LogP contribution in [0.5, 0.6) is 0 Å². The average Bonchev–Trinajstić information content (AvgIpc) is 3.14. The third-order valence-electron chi connectivity index (χ3n) is 3.35. The van der Waals surface area contributed by atoms with Gasteiger partial charge in [-0.05, 0) is 43.7 Å². The molecule has 5 heteroatoms. The van der Waals surface area contributed by atoms with Gasteiger partial charge >= 0.3 is 6.03 Å². The van der Waals surface area contributed by atoms with E-state index >= 15 is 0 Å². The smallest absolute Gasteiger partial charge is 0.328 e. The van der Waals surface area contributed by atoms with Crippen LogP contribution in [0.1, 0.15) is 24.0 Å². The standard InChI is InChI=1S/C14H20N4O/c1-9-4-3-5-10(2)12(9)18(13(15)16)14(19)17-8-11-6-7-11/h3-5,11H,6-8H2,1-2H3,(H3,15,16)(H,17,19). The largest absolute Gasteiger partial charge is 0.369 e. The Hall–Kier alpha value is -2.04. The number of benzene rings is 1. The number of carbonyl (C=O) groups excluding carboxylic acids is 1. The number of hydrogen-bond acceptors (Lipinski definition) is 2. The van der Waals surface area contributed by atoms with Crippen molar-refractivity contribution in [2.45, 2.75) is 26.7 Å². The minimum absolute atomic E-state index is 0.259. The fraction of sp³-hybridized carbons (Fsp3) is 0.429. The lowest BCUT2D eigenvalue weighted by Crippen LogP contribution is -2.48. The number of para-hydroxylation sites is 1. The van der Waals surface area contributed by atoms with E-state index in [0.717, 1.165) is 11.1 Å². The predicted octanol–water partition coefficient (Wildman–Crippen LogP) is 2.12. The van der Waals surface area contributed by atoms with Crippen LogP contribution in [0.4, 0.5) is 10.5 Å². The normalized spacial score (nSPS) is 14.0. The second-order valence-electron chi connectivity index (χ2n) is 5.09. The summed E-state index contributed by atoms with van der Waals surface area (Å²) in [5, 5.41) is 10.5. The number of nitrogens with two attached hydrogens (primary N) is 1. The van der Waals surface area contributed by atoms with Gasteiger partial charge in [0.15, 0.2) is 0 Å².